The molecule has 47 heavy (non-hydrogen) atoms. The number of carbonyl (C=O) groups is 2. The van der Waals surface area contributed by atoms with Crippen LogP contribution in [-0.2, 0) is 17.1 Å². The van der Waals surface area contributed by atoms with Crippen LogP contribution in [0.15, 0.2) is 47.5 Å². The topological polar surface area (TPSA) is 149 Å². The van der Waals surface area contributed by atoms with Crippen LogP contribution < -0.4 is 21.1 Å². The normalized spacial score (nSPS) is 21.0. The molecule has 252 valence electrons. The lowest BCUT2D eigenvalue weighted by Crippen LogP contribution is -2.61. The number of aromatic nitrogens is 3. The summed E-state index contributed by atoms with van der Waals surface area (Å²) in [5, 5.41) is 10.1. The minimum atomic E-state index is -5.16. The summed E-state index contributed by atoms with van der Waals surface area (Å²) >= 11 is 0. The number of hydrogen-bond donors (Lipinski definition) is 3. The highest BCUT2D eigenvalue weighted by molar-refractivity contribution is 5.89. The molecule has 2 aromatic heterocycles. The molecule has 2 aliphatic heterocycles. The largest absolute Gasteiger partial charge is 0.465 e. The molecule has 3 aromatic rings. The van der Waals surface area contributed by atoms with Gasteiger partial charge < -0.3 is 25.6 Å². The Labute approximate surface area is 264 Å². The Morgan fingerprint density at radius 2 is 1.60 bits per heavy atom. The van der Waals surface area contributed by atoms with Crippen LogP contribution in [0.4, 0.5) is 42.5 Å². The second-order valence-electron chi connectivity index (χ2n) is 11.6. The van der Waals surface area contributed by atoms with Gasteiger partial charge in [-0.05, 0) is 42.7 Å². The summed E-state index contributed by atoms with van der Waals surface area (Å²) in [6.45, 7) is 4.75. The van der Waals surface area contributed by atoms with E-state index in [9.17, 15) is 45.8 Å². The number of pyridine rings is 1. The zero-order valence-electron chi connectivity index (χ0n) is 25.2. The van der Waals surface area contributed by atoms with Crippen LogP contribution in [0.25, 0.3) is 0 Å². The SMILES string of the molecule is CCC1(N)CC(C(c2cc(C(F)(F)F)cc(C(F)(F)F)c2)c2ncc(N3CCN(C(C)=O)CC3)cn2)c2[nH]c(=O)ccc2N1C(=O)O. The van der Waals surface area contributed by atoms with E-state index in [0.29, 0.717) is 44.0 Å². The average molecular weight is 668 g/mol. The number of hydrogen-bond acceptors (Lipinski definition) is 7. The van der Waals surface area contributed by atoms with E-state index in [1.54, 1.807) is 11.8 Å². The number of fused-ring (bicyclic) bond motifs is 1. The molecule has 1 fully saturated rings. The van der Waals surface area contributed by atoms with Crippen LogP contribution in [-0.4, -0.2) is 68.8 Å². The summed E-state index contributed by atoms with van der Waals surface area (Å²) in [7, 11) is 0. The monoisotopic (exact) mass is 667 g/mol. The molecule has 0 spiro atoms. The first-order valence-electron chi connectivity index (χ1n) is 14.6. The fourth-order valence-electron chi connectivity index (χ4n) is 6.31. The Kier molecular flexibility index (Phi) is 8.72. The van der Waals surface area contributed by atoms with Crippen molar-refractivity contribution in [1.82, 2.24) is 19.9 Å². The van der Waals surface area contributed by atoms with Crippen molar-refractivity contribution in [2.75, 3.05) is 36.0 Å². The number of amides is 2. The molecule has 4 N–H and O–H groups in total. The summed E-state index contributed by atoms with van der Waals surface area (Å²) in [6.07, 6.45) is -9.34. The maximum Gasteiger partial charge on any atom is 0.416 e. The first-order chi connectivity index (χ1) is 21.9. The molecule has 2 aliphatic rings. The summed E-state index contributed by atoms with van der Waals surface area (Å²) in [4.78, 5) is 52.4. The van der Waals surface area contributed by atoms with Gasteiger partial charge in [-0.15, -0.1) is 0 Å². The Morgan fingerprint density at radius 1 is 1.02 bits per heavy atom. The van der Waals surface area contributed by atoms with Crippen molar-refractivity contribution in [3.8, 4) is 0 Å². The highest BCUT2D eigenvalue weighted by Gasteiger charge is 2.49. The quantitative estimate of drug-likeness (QED) is 0.331. The van der Waals surface area contributed by atoms with Crippen LogP contribution in [0.5, 0.6) is 0 Å². The lowest BCUT2D eigenvalue weighted by atomic mass is 9.73. The van der Waals surface area contributed by atoms with Crippen LogP contribution in [0.2, 0.25) is 0 Å². The van der Waals surface area contributed by atoms with E-state index in [2.05, 4.69) is 15.0 Å². The molecular weight excluding hydrogens is 636 g/mol. The summed E-state index contributed by atoms with van der Waals surface area (Å²) in [6, 6.07) is 3.40. The third-order valence-electron chi connectivity index (χ3n) is 8.76. The third kappa shape index (κ3) is 6.61. The number of piperazine rings is 1. The molecule has 3 atom stereocenters. The number of alkyl halides is 6. The maximum absolute atomic E-state index is 14.0. The molecular formula is C30H31F6N7O4. The highest BCUT2D eigenvalue weighted by atomic mass is 19.4. The average Bonchev–Trinajstić information content (AvgIpc) is 3.00. The fraction of sp³-hybridized carbons (Fsp3) is 0.433. The number of H-pyrrole nitrogens is 1. The number of aromatic amines is 1. The van der Waals surface area contributed by atoms with Gasteiger partial charge in [-0.2, -0.15) is 26.3 Å². The number of rotatable bonds is 5. The molecule has 5 rings (SSSR count). The standard InChI is InChI=1S/C30H31F6N7O4/c1-3-28(37)13-21(25-22(43(28)27(46)47)4-5-23(45)40-25)24(17-10-18(29(31,32)33)12-19(11-17)30(34,35)36)26-38-14-20(15-39-26)42-8-6-41(7-9-42)16(2)44/h4-5,10-12,14-15,21,24H,3,6-9,13,37H2,1-2H3,(H,40,45)(H,46,47). The summed E-state index contributed by atoms with van der Waals surface area (Å²) in [5.41, 5.74) is 1.04. The van der Waals surface area contributed by atoms with Gasteiger partial charge in [0.15, 0.2) is 0 Å². The lowest BCUT2D eigenvalue weighted by Gasteiger charge is -2.47. The highest BCUT2D eigenvalue weighted by Crippen LogP contribution is 2.50. The van der Waals surface area contributed by atoms with Crippen LogP contribution in [0, 0.1) is 0 Å². The zero-order valence-corrected chi connectivity index (χ0v) is 25.2. The first-order valence-corrected chi connectivity index (χ1v) is 14.6. The fourth-order valence-corrected chi connectivity index (χ4v) is 6.31. The Bertz CT molecular complexity index is 1690. The zero-order chi connectivity index (χ0) is 34.5. The number of nitrogens with one attached hydrogen (secondary N) is 1. The lowest BCUT2D eigenvalue weighted by molar-refractivity contribution is -0.143. The minimum absolute atomic E-state index is 0.00349. The molecule has 17 heteroatoms. The smallest absolute Gasteiger partial charge is 0.416 e. The number of nitrogens with zero attached hydrogens (tertiary/aromatic N) is 5. The van der Waals surface area contributed by atoms with E-state index < -0.39 is 58.2 Å². The third-order valence-corrected chi connectivity index (χ3v) is 8.76. The van der Waals surface area contributed by atoms with E-state index in [1.807, 2.05) is 4.90 Å². The molecule has 0 saturated carbocycles. The van der Waals surface area contributed by atoms with Crippen molar-refractivity contribution < 1.29 is 41.0 Å². The van der Waals surface area contributed by atoms with Gasteiger partial charge >= 0.3 is 18.4 Å². The van der Waals surface area contributed by atoms with Crippen LogP contribution >= 0.6 is 0 Å². The van der Waals surface area contributed by atoms with Crippen molar-refractivity contribution in [2.45, 2.75) is 56.5 Å². The second-order valence-corrected chi connectivity index (χ2v) is 11.6. The van der Waals surface area contributed by atoms with Crippen LogP contribution in [0.3, 0.4) is 0 Å². The van der Waals surface area contributed by atoms with Gasteiger partial charge in [0.05, 0.1) is 46.5 Å². The van der Waals surface area contributed by atoms with Crippen molar-refractivity contribution in [2.24, 2.45) is 5.73 Å². The molecule has 3 unspecified atom stereocenters. The van der Waals surface area contributed by atoms with Crippen molar-refractivity contribution in [1.29, 1.82) is 0 Å². The number of anilines is 2. The number of carboxylic acid groups (broad SMARTS) is 1. The number of carbonyl (C=O) groups excluding carboxylic acids is 1. The second kappa shape index (κ2) is 12.2. The molecule has 0 bridgehead atoms. The van der Waals surface area contributed by atoms with Gasteiger partial charge in [0.25, 0.3) is 0 Å². The molecule has 2 amide bonds. The summed E-state index contributed by atoms with van der Waals surface area (Å²) < 4.78 is 84.1. The first kappa shape index (κ1) is 33.7. The van der Waals surface area contributed by atoms with Crippen molar-refractivity contribution in [3.63, 3.8) is 0 Å². The molecule has 1 aromatic carbocycles. The van der Waals surface area contributed by atoms with Gasteiger partial charge in [0.2, 0.25) is 11.5 Å². The van der Waals surface area contributed by atoms with Gasteiger partial charge in [-0.3, -0.25) is 14.5 Å². The minimum Gasteiger partial charge on any atom is -0.465 e. The van der Waals surface area contributed by atoms with Crippen LogP contribution in [0.1, 0.15) is 66.7 Å². The Hall–Kier alpha value is -4.67. The van der Waals surface area contributed by atoms with E-state index in [1.165, 1.54) is 25.4 Å². The maximum atomic E-state index is 14.0. The Balaban J connectivity index is 1.71. The van der Waals surface area contributed by atoms with Gasteiger partial charge in [-0.25, -0.2) is 14.8 Å². The van der Waals surface area contributed by atoms with Crippen molar-refractivity contribution >= 4 is 23.4 Å². The van der Waals surface area contributed by atoms with E-state index in [4.69, 9.17) is 5.73 Å². The predicted octanol–water partition coefficient (Wildman–Crippen LogP) is 4.74. The van der Waals surface area contributed by atoms with Gasteiger partial charge in [0.1, 0.15) is 5.82 Å². The molecule has 0 aliphatic carbocycles. The molecule has 1 saturated heterocycles. The number of nitrogens with two attached hydrogens (primary N) is 1. The van der Waals surface area contributed by atoms with E-state index in [-0.39, 0.29) is 42.0 Å². The molecule has 4 heterocycles. The predicted molar refractivity (Wildman–Crippen MR) is 157 cm³/mol. The number of halogens is 6. The van der Waals surface area contributed by atoms with Crippen molar-refractivity contribution in [3.05, 3.63) is 81.3 Å². The van der Waals surface area contributed by atoms with Gasteiger partial charge in [0, 0.05) is 50.8 Å². The van der Waals surface area contributed by atoms with Gasteiger partial charge in [-0.1, -0.05) is 6.92 Å². The van der Waals surface area contributed by atoms with E-state index in [0.717, 1.165) is 11.0 Å². The summed E-state index contributed by atoms with van der Waals surface area (Å²) in [5.74, 6) is -2.89. The Morgan fingerprint density at radius 3 is 2.09 bits per heavy atom. The van der Waals surface area contributed by atoms with E-state index >= 15 is 0 Å². The molecule has 0 radical (unpaired) electrons. The molecule has 11 nitrogen and oxygen atoms in total. The number of benzene rings is 1.